The van der Waals surface area contributed by atoms with Crippen LogP contribution in [0.25, 0.3) is 0 Å². The molecule has 0 radical (unpaired) electrons. The fraction of sp³-hybridized carbons (Fsp3) is 0.316. The Morgan fingerprint density at radius 3 is 2.48 bits per heavy atom. The molecule has 1 aliphatic rings. The van der Waals surface area contributed by atoms with Crippen molar-refractivity contribution in [2.45, 2.75) is 38.0 Å². The lowest BCUT2D eigenvalue weighted by Crippen LogP contribution is -2.23. The van der Waals surface area contributed by atoms with E-state index >= 15 is 0 Å². The molecule has 0 heterocycles. The van der Waals surface area contributed by atoms with Crippen LogP contribution in [0.1, 0.15) is 59.7 Å². The third kappa shape index (κ3) is 2.06. The number of carbonyl (C=O) groups is 1. The van der Waals surface area contributed by atoms with Gasteiger partial charge in [-0.25, -0.2) is 4.79 Å². The minimum atomic E-state index is -0.863. The Morgan fingerprint density at radius 1 is 1.10 bits per heavy atom. The van der Waals surface area contributed by atoms with Gasteiger partial charge in [0.2, 0.25) is 0 Å². The molecule has 2 unspecified atom stereocenters. The molecule has 0 fully saturated rings. The first-order chi connectivity index (χ1) is 9.93. The molecule has 0 saturated carbocycles. The van der Waals surface area contributed by atoms with Crippen molar-refractivity contribution < 1.29 is 9.90 Å². The molecular formula is C19H20O2. The van der Waals surface area contributed by atoms with Gasteiger partial charge >= 0.3 is 5.97 Å². The predicted molar refractivity (Wildman–Crippen MR) is 84.0 cm³/mol. The number of carboxylic acid groups (broad SMARTS) is 1. The summed E-state index contributed by atoms with van der Waals surface area (Å²) < 4.78 is 0. The maximum atomic E-state index is 11.2. The van der Waals surface area contributed by atoms with Crippen molar-refractivity contribution in [3.8, 4) is 0 Å². The molecule has 0 saturated heterocycles. The van der Waals surface area contributed by atoms with E-state index < -0.39 is 5.97 Å². The van der Waals surface area contributed by atoms with Gasteiger partial charge in [-0.2, -0.15) is 0 Å². The SMILES string of the molecule is CC1c2ccccc2C(C)(C)C1c1cccc(C(=O)O)c1. The third-order valence-corrected chi connectivity index (χ3v) is 4.92. The number of carboxylic acids is 1. The van der Waals surface area contributed by atoms with Crippen LogP contribution < -0.4 is 0 Å². The number of aromatic carboxylic acids is 1. The van der Waals surface area contributed by atoms with Crippen LogP contribution >= 0.6 is 0 Å². The Hall–Kier alpha value is -2.09. The van der Waals surface area contributed by atoms with Gasteiger partial charge < -0.3 is 5.11 Å². The first-order valence-electron chi connectivity index (χ1n) is 7.35. The molecule has 2 atom stereocenters. The fourth-order valence-corrected chi connectivity index (χ4v) is 4.02. The summed E-state index contributed by atoms with van der Waals surface area (Å²) in [5.41, 5.74) is 4.25. The third-order valence-electron chi connectivity index (χ3n) is 4.92. The van der Waals surface area contributed by atoms with Crippen molar-refractivity contribution in [2.75, 3.05) is 0 Å². The van der Waals surface area contributed by atoms with Crippen LogP contribution in [-0.4, -0.2) is 11.1 Å². The smallest absolute Gasteiger partial charge is 0.335 e. The van der Waals surface area contributed by atoms with Gasteiger partial charge in [-0.05, 0) is 46.1 Å². The standard InChI is InChI=1S/C19H20O2/c1-12-15-9-4-5-10-16(15)19(2,3)17(12)13-7-6-8-14(11-13)18(20)21/h4-12,17H,1-3H3,(H,20,21). The van der Waals surface area contributed by atoms with Crippen LogP contribution in [0, 0.1) is 0 Å². The van der Waals surface area contributed by atoms with Crippen molar-refractivity contribution in [3.05, 3.63) is 70.8 Å². The zero-order chi connectivity index (χ0) is 15.2. The van der Waals surface area contributed by atoms with Crippen molar-refractivity contribution in [3.63, 3.8) is 0 Å². The minimum Gasteiger partial charge on any atom is -0.478 e. The molecule has 1 N–H and O–H groups in total. The van der Waals surface area contributed by atoms with Crippen LogP contribution in [0.15, 0.2) is 48.5 Å². The first-order valence-corrected chi connectivity index (χ1v) is 7.35. The summed E-state index contributed by atoms with van der Waals surface area (Å²) in [6.45, 7) is 6.76. The summed E-state index contributed by atoms with van der Waals surface area (Å²) >= 11 is 0. The molecule has 0 aliphatic heterocycles. The van der Waals surface area contributed by atoms with Crippen molar-refractivity contribution in [1.82, 2.24) is 0 Å². The van der Waals surface area contributed by atoms with Gasteiger partial charge in [0.1, 0.15) is 0 Å². The highest BCUT2D eigenvalue weighted by atomic mass is 16.4. The Labute approximate surface area is 125 Å². The van der Waals surface area contributed by atoms with E-state index in [1.54, 1.807) is 6.07 Å². The Bertz CT molecular complexity index is 700. The van der Waals surface area contributed by atoms with Crippen molar-refractivity contribution in [2.24, 2.45) is 0 Å². The average Bonchev–Trinajstić information content (AvgIpc) is 2.67. The quantitative estimate of drug-likeness (QED) is 0.875. The van der Waals surface area contributed by atoms with E-state index in [1.165, 1.54) is 11.1 Å². The zero-order valence-electron chi connectivity index (χ0n) is 12.6. The highest BCUT2D eigenvalue weighted by Crippen LogP contribution is 2.55. The molecule has 2 heteroatoms. The topological polar surface area (TPSA) is 37.3 Å². The number of benzene rings is 2. The van der Waals surface area contributed by atoms with Crippen LogP contribution in [0.5, 0.6) is 0 Å². The largest absolute Gasteiger partial charge is 0.478 e. The van der Waals surface area contributed by atoms with E-state index in [9.17, 15) is 9.90 Å². The summed E-state index contributed by atoms with van der Waals surface area (Å²) in [5.74, 6) is -0.174. The molecule has 0 spiro atoms. The minimum absolute atomic E-state index is 0.00708. The molecule has 3 rings (SSSR count). The fourth-order valence-electron chi connectivity index (χ4n) is 4.02. The Kier molecular flexibility index (Phi) is 3.12. The predicted octanol–water partition coefficient (Wildman–Crippen LogP) is 4.56. The summed E-state index contributed by atoms with van der Waals surface area (Å²) in [5, 5.41) is 9.22. The number of fused-ring (bicyclic) bond motifs is 1. The van der Waals surface area contributed by atoms with Gasteiger partial charge in [-0.15, -0.1) is 0 Å². The van der Waals surface area contributed by atoms with E-state index in [-0.39, 0.29) is 5.41 Å². The van der Waals surface area contributed by atoms with Gasteiger partial charge in [0, 0.05) is 0 Å². The zero-order valence-corrected chi connectivity index (χ0v) is 12.6. The molecule has 0 amide bonds. The Morgan fingerprint density at radius 2 is 1.81 bits per heavy atom. The van der Waals surface area contributed by atoms with Gasteiger partial charge in [0.15, 0.2) is 0 Å². The van der Waals surface area contributed by atoms with Gasteiger partial charge in [-0.3, -0.25) is 0 Å². The molecule has 2 aromatic carbocycles. The van der Waals surface area contributed by atoms with Gasteiger partial charge in [-0.1, -0.05) is 57.2 Å². The normalized spacial score (nSPS) is 22.8. The summed E-state index contributed by atoms with van der Waals surface area (Å²) in [4.78, 5) is 11.2. The molecule has 1 aliphatic carbocycles. The second-order valence-electron chi connectivity index (χ2n) is 6.51. The number of rotatable bonds is 2. The summed E-state index contributed by atoms with van der Waals surface area (Å²) in [6, 6.07) is 16.0. The molecular weight excluding hydrogens is 260 g/mol. The van der Waals surface area contributed by atoms with E-state index in [0.717, 1.165) is 5.56 Å². The van der Waals surface area contributed by atoms with Gasteiger partial charge in [0.25, 0.3) is 0 Å². The average molecular weight is 280 g/mol. The number of hydrogen-bond acceptors (Lipinski definition) is 1. The molecule has 2 nitrogen and oxygen atoms in total. The maximum Gasteiger partial charge on any atom is 0.335 e. The second kappa shape index (κ2) is 4.73. The molecule has 108 valence electrons. The molecule has 0 aromatic heterocycles. The van der Waals surface area contributed by atoms with Gasteiger partial charge in [0.05, 0.1) is 5.56 Å². The van der Waals surface area contributed by atoms with E-state index in [2.05, 4.69) is 51.1 Å². The van der Waals surface area contributed by atoms with Crippen LogP contribution in [0.2, 0.25) is 0 Å². The van der Waals surface area contributed by atoms with Crippen LogP contribution in [-0.2, 0) is 5.41 Å². The summed E-state index contributed by atoms with van der Waals surface area (Å²) in [7, 11) is 0. The highest BCUT2D eigenvalue weighted by molar-refractivity contribution is 5.87. The lowest BCUT2D eigenvalue weighted by atomic mass is 9.72. The lowest BCUT2D eigenvalue weighted by molar-refractivity contribution is 0.0696. The number of hydrogen-bond donors (Lipinski definition) is 1. The Balaban J connectivity index is 2.12. The summed E-state index contributed by atoms with van der Waals surface area (Å²) in [6.07, 6.45) is 0. The first kappa shape index (κ1) is 13.9. The van der Waals surface area contributed by atoms with E-state index in [4.69, 9.17) is 0 Å². The van der Waals surface area contributed by atoms with Crippen molar-refractivity contribution >= 4 is 5.97 Å². The second-order valence-corrected chi connectivity index (χ2v) is 6.51. The van der Waals surface area contributed by atoms with Crippen LogP contribution in [0.3, 0.4) is 0 Å². The van der Waals surface area contributed by atoms with E-state index in [1.807, 2.05) is 12.1 Å². The molecule has 2 aromatic rings. The lowest BCUT2D eigenvalue weighted by Gasteiger charge is -2.31. The van der Waals surface area contributed by atoms with Crippen molar-refractivity contribution in [1.29, 1.82) is 0 Å². The maximum absolute atomic E-state index is 11.2. The van der Waals surface area contributed by atoms with E-state index in [0.29, 0.717) is 17.4 Å². The molecule has 21 heavy (non-hydrogen) atoms. The molecule has 0 bridgehead atoms. The monoisotopic (exact) mass is 280 g/mol. The highest BCUT2D eigenvalue weighted by Gasteiger charge is 2.44. The van der Waals surface area contributed by atoms with Crippen LogP contribution in [0.4, 0.5) is 0 Å².